The molecule has 0 aliphatic heterocycles. The fraction of sp³-hybridized carbons (Fsp3) is 0.100. The summed E-state index contributed by atoms with van der Waals surface area (Å²) in [6.07, 6.45) is 1.40. The van der Waals surface area contributed by atoms with E-state index in [0.29, 0.717) is 11.5 Å². The number of phenolic OH excluding ortho intramolecular Hbond substituents is 1. The van der Waals surface area contributed by atoms with Crippen molar-refractivity contribution in [3.8, 4) is 22.7 Å². The lowest BCUT2D eigenvalue weighted by molar-refractivity contribution is 0.322. The molecule has 0 fully saturated rings. The average molecular weight is 382 g/mol. The number of aryl methyl sites for hydroxylation is 2. The van der Waals surface area contributed by atoms with Gasteiger partial charge in [0.2, 0.25) is 0 Å². The molecular formula is C20H16ClN3O3. The van der Waals surface area contributed by atoms with Crippen molar-refractivity contribution in [1.82, 2.24) is 9.72 Å². The quantitative estimate of drug-likeness (QED) is 0.295. The third kappa shape index (κ3) is 2.65. The number of aromatic hydroxyl groups is 1. The average Bonchev–Trinajstić information content (AvgIpc) is 3.15. The van der Waals surface area contributed by atoms with Crippen LogP contribution in [0, 0.1) is 13.8 Å². The number of fused-ring (bicyclic) bond motifs is 1. The SMILES string of the molecule is Cc1noc(C)c1-c1c(/C=N/O)c2ccccc2n1-c1ccc(O)c(Cl)c1. The molecule has 4 rings (SSSR count). The van der Waals surface area contributed by atoms with Crippen molar-refractivity contribution >= 4 is 28.7 Å². The van der Waals surface area contributed by atoms with E-state index in [9.17, 15) is 10.3 Å². The Kier molecular flexibility index (Phi) is 4.12. The first-order valence-electron chi connectivity index (χ1n) is 8.26. The molecule has 6 nitrogen and oxygen atoms in total. The first-order chi connectivity index (χ1) is 13.0. The number of nitrogens with zero attached hydrogens (tertiary/aromatic N) is 3. The van der Waals surface area contributed by atoms with Crippen molar-refractivity contribution in [3.05, 3.63) is 64.5 Å². The predicted molar refractivity (Wildman–Crippen MR) is 104 cm³/mol. The van der Waals surface area contributed by atoms with Gasteiger partial charge >= 0.3 is 0 Å². The number of oxime groups is 1. The maximum atomic E-state index is 9.81. The molecule has 0 aliphatic carbocycles. The van der Waals surface area contributed by atoms with Crippen LogP contribution in [0.5, 0.6) is 5.75 Å². The minimum atomic E-state index is 0.00733. The maximum absolute atomic E-state index is 9.81. The predicted octanol–water partition coefficient (Wildman–Crippen LogP) is 5.07. The molecule has 0 aliphatic rings. The summed E-state index contributed by atoms with van der Waals surface area (Å²) in [4.78, 5) is 0. The van der Waals surface area contributed by atoms with Crippen molar-refractivity contribution in [2.75, 3.05) is 0 Å². The summed E-state index contributed by atoms with van der Waals surface area (Å²) in [6.45, 7) is 3.69. The van der Waals surface area contributed by atoms with E-state index in [1.54, 1.807) is 18.2 Å². The number of hydrogen-bond acceptors (Lipinski definition) is 5. The standard InChI is InChI=1S/C20H16ClN3O3/c1-11-19(12(2)27-23-11)20-15(10-22-26)14-5-3-4-6-17(14)24(20)13-7-8-18(25)16(21)9-13/h3-10,25-26H,1-2H3/b22-10+. The van der Waals surface area contributed by atoms with Gasteiger partial charge in [0.15, 0.2) is 0 Å². The van der Waals surface area contributed by atoms with Gasteiger partial charge in [-0.25, -0.2) is 0 Å². The van der Waals surface area contributed by atoms with Crippen LogP contribution in [0.1, 0.15) is 17.0 Å². The van der Waals surface area contributed by atoms with E-state index in [-0.39, 0.29) is 10.8 Å². The molecule has 0 amide bonds. The van der Waals surface area contributed by atoms with Crippen LogP contribution < -0.4 is 0 Å². The van der Waals surface area contributed by atoms with Crippen molar-refractivity contribution in [3.63, 3.8) is 0 Å². The molecule has 4 aromatic rings. The van der Waals surface area contributed by atoms with Crippen LogP contribution in [-0.4, -0.2) is 26.3 Å². The lowest BCUT2D eigenvalue weighted by Crippen LogP contribution is -2.00. The van der Waals surface area contributed by atoms with E-state index in [1.807, 2.05) is 42.7 Å². The summed E-state index contributed by atoms with van der Waals surface area (Å²) in [7, 11) is 0. The van der Waals surface area contributed by atoms with Gasteiger partial charge in [-0.3, -0.25) is 0 Å². The van der Waals surface area contributed by atoms with Crippen LogP contribution >= 0.6 is 11.6 Å². The van der Waals surface area contributed by atoms with E-state index in [1.165, 1.54) is 6.21 Å². The summed E-state index contributed by atoms with van der Waals surface area (Å²) in [6, 6.07) is 12.8. The van der Waals surface area contributed by atoms with Crippen LogP contribution in [0.25, 0.3) is 27.8 Å². The Bertz CT molecular complexity index is 1170. The number of phenols is 1. The molecule has 0 unspecified atom stereocenters. The summed E-state index contributed by atoms with van der Waals surface area (Å²) < 4.78 is 7.37. The lowest BCUT2D eigenvalue weighted by Gasteiger charge is -2.12. The molecule has 7 heteroatoms. The zero-order chi connectivity index (χ0) is 19.1. The minimum Gasteiger partial charge on any atom is -0.506 e. The van der Waals surface area contributed by atoms with Crippen molar-refractivity contribution in [1.29, 1.82) is 0 Å². The van der Waals surface area contributed by atoms with Gasteiger partial charge in [-0.1, -0.05) is 40.1 Å². The monoisotopic (exact) mass is 381 g/mol. The molecule has 0 bridgehead atoms. The van der Waals surface area contributed by atoms with E-state index in [4.69, 9.17) is 16.1 Å². The number of hydrogen-bond donors (Lipinski definition) is 2. The van der Waals surface area contributed by atoms with Crippen LogP contribution in [0.2, 0.25) is 5.02 Å². The molecule has 0 saturated carbocycles. The lowest BCUT2D eigenvalue weighted by atomic mass is 10.0. The molecule has 27 heavy (non-hydrogen) atoms. The molecule has 136 valence electrons. The number of benzene rings is 2. The number of halogens is 1. The highest BCUT2D eigenvalue weighted by atomic mass is 35.5. The van der Waals surface area contributed by atoms with Gasteiger partial charge in [-0.2, -0.15) is 0 Å². The summed E-state index contributed by atoms with van der Waals surface area (Å²) in [5.74, 6) is 0.655. The summed E-state index contributed by atoms with van der Waals surface area (Å²) in [5, 5.41) is 27.6. The van der Waals surface area contributed by atoms with Crippen molar-refractivity contribution in [2.24, 2.45) is 5.16 Å². The zero-order valence-corrected chi connectivity index (χ0v) is 15.4. The van der Waals surface area contributed by atoms with Crippen LogP contribution in [0.3, 0.4) is 0 Å². The highest BCUT2D eigenvalue weighted by Gasteiger charge is 2.24. The van der Waals surface area contributed by atoms with Gasteiger partial charge in [0.05, 0.1) is 33.7 Å². The first-order valence-corrected chi connectivity index (χ1v) is 8.63. The smallest absolute Gasteiger partial charge is 0.143 e. The highest BCUT2D eigenvalue weighted by molar-refractivity contribution is 6.32. The Balaban J connectivity index is 2.20. The molecular weight excluding hydrogens is 366 g/mol. The van der Waals surface area contributed by atoms with Crippen molar-refractivity contribution in [2.45, 2.75) is 13.8 Å². The fourth-order valence-electron chi connectivity index (χ4n) is 3.42. The van der Waals surface area contributed by atoms with Crippen molar-refractivity contribution < 1.29 is 14.8 Å². The Labute approximate surface area is 159 Å². The van der Waals surface area contributed by atoms with E-state index >= 15 is 0 Å². The Morgan fingerprint density at radius 1 is 1.19 bits per heavy atom. The third-order valence-electron chi connectivity index (χ3n) is 4.56. The topological polar surface area (TPSA) is 83.8 Å². The molecule has 2 aromatic carbocycles. The molecule has 0 spiro atoms. The van der Waals surface area contributed by atoms with Gasteiger partial charge in [0.25, 0.3) is 0 Å². The van der Waals surface area contributed by atoms with E-state index in [2.05, 4.69) is 10.3 Å². The molecule has 2 N–H and O–H groups in total. The zero-order valence-electron chi connectivity index (χ0n) is 14.6. The summed E-state index contributed by atoms with van der Waals surface area (Å²) >= 11 is 6.16. The van der Waals surface area contributed by atoms with Gasteiger partial charge in [0, 0.05) is 16.6 Å². The Morgan fingerprint density at radius 2 is 1.96 bits per heavy atom. The second-order valence-electron chi connectivity index (χ2n) is 6.19. The second-order valence-corrected chi connectivity index (χ2v) is 6.60. The largest absolute Gasteiger partial charge is 0.506 e. The molecule has 0 saturated heterocycles. The maximum Gasteiger partial charge on any atom is 0.143 e. The Morgan fingerprint density at radius 3 is 2.63 bits per heavy atom. The van der Waals surface area contributed by atoms with Gasteiger partial charge < -0.3 is 19.4 Å². The number of rotatable bonds is 3. The fourth-order valence-corrected chi connectivity index (χ4v) is 3.60. The molecule has 2 aromatic heterocycles. The molecule has 0 atom stereocenters. The Hall–Kier alpha value is -3.25. The molecule has 2 heterocycles. The highest BCUT2D eigenvalue weighted by Crippen LogP contribution is 2.39. The van der Waals surface area contributed by atoms with Gasteiger partial charge in [-0.15, -0.1) is 0 Å². The van der Waals surface area contributed by atoms with Crippen LogP contribution in [0.15, 0.2) is 52.1 Å². The normalized spacial score (nSPS) is 11.7. The van der Waals surface area contributed by atoms with E-state index < -0.39 is 0 Å². The first kappa shape index (κ1) is 17.2. The second kappa shape index (κ2) is 6.48. The molecule has 0 radical (unpaired) electrons. The number of aromatic nitrogens is 2. The number of para-hydroxylation sites is 1. The van der Waals surface area contributed by atoms with Crippen LogP contribution in [-0.2, 0) is 0 Å². The minimum absolute atomic E-state index is 0.00733. The van der Waals surface area contributed by atoms with E-state index in [0.717, 1.165) is 33.4 Å². The third-order valence-corrected chi connectivity index (χ3v) is 4.86. The van der Waals surface area contributed by atoms with Gasteiger partial charge in [0.1, 0.15) is 11.5 Å². The van der Waals surface area contributed by atoms with Gasteiger partial charge in [-0.05, 0) is 38.1 Å². The van der Waals surface area contributed by atoms with Crippen LogP contribution in [0.4, 0.5) is 0 Å². The summed E-state index contributed by atoms with van der Waals surface area (Å²) in [5.41, 5.74) is 4.67.